The first-order valence-corrected chi connectivity index (χ1v) is 15.0. The molecule has 8 bridgehead atoms. The minimum atomic E-state index is 0.111. The van der Waals surface area contributed by atoms with Gasteiger partial charge < -0.3 is 25.0 Å². The molecule has 0 radical (unpaired) electrons. The molecular weight excluding hydrogens is 516 g/mol. The van der Waals surface area contributed by atoms with E-state index in [2.05, 4.69) is 43.6 Å². The van der Waals surface area contributed by atoms with Crippen LogP contribution < -0.4 is 20.3 Å². The van der Waals surface area contributed by atoms with Crippen LogP contribution in [-0.4, -0.2) is 73.3 Å². The summed E-state index contributed by atoms with van der Waals surface area (Å²) < 4.78 is 11.5. The predicted molar refractivity (Wildman–Crippen MR) is 161 cm³/mol. The van der Waals surface area contributed by atoms with E-state index < -0.39 is 0 Å². The number of amides is 1. The fourth-order valence-electron chi connectivity index (χ4n) is 6.01. The highest BCUT2D eigenvalue weighted by Crippen LogP contribution is 2.31. The second kappa shape index (κ2) is 13.3. The molecule has 2 saturated heterocycles. The van der Waals surface area contributed by atoms with Gasteiger partial charge in [0.2, 0.25) is 11.9 Å². The fraction of sp³-hybridized carbons (Fsp3) is 0.469. The maximum atomic E-state index is 12.3. The van der Waals surface area contributed by atoms with Crippen LogP contribution in [0.25, 0.3) is 11.3 Å². The van der Waals surface area contributed by atoms with Crippen LogP contribution in [0.2, 0.25) is 0 Å². The smallest absolute Gasteiger partial charge is 0.227 e. The Morgan fingerprint density at radius 1 is 0.902 bits per heavy atom. The molecule has 0 spiro atoms. The maximum absolute atomic E-state index is 12.3. The SMILES string of the molecule is O=C1CCCC2CCN(CC2)Cc2cc(ccc2N2CCOCC2)Nc2nccc(n2)-c2ccc(cc2)OCCN1. The third-order valence-electron chi connectivity index (χ3n) is 8.30. The Morgan fingerprint density at radius 3 is 2.56 bits per heavy atom. The largest absolute Gasteiger partial charge is 0.492 e. The van der Waals surface area contributed by atoms with Gasteiger partial charge in [-0.2, -0.15) is 0 Å². The van der Waals surface area contributed by atoms with Crippen molar-refractivity contribution in [2.45, 2.75) is 38.6 Å². The molecule has 6 aliphatic heterocycles. The highest BCUT2D eigenvalue weighted by atomic mass is 16.5. The summed E-state index contributed by atoms with van der Waals surface area (Å²) in [6, 6.07) is 16.4. The number of carbonyl (C=O) groups excluding carboxylic acids is 1. The highest BCUT2D eigenvalue weighted by molar-refractivity contribution is 5.75. The third-order valence-corrected chi connectivity index (χ3v) is 8.30. The van der Waals surface area contributed by atoms with E-state index in [1.165, 1.54) is 24.1 Å². The number of aromatic nitrogens is 2. The van der Waals surface area contributed by atoms with Crippen LogP contribution in [0.5, 0.6) is 5.75 Å². The topological polar surface area (TPSA) is 91.9 Å². The number of rotatable bonds is 1. The molecule has 7 heterocycles. The van der Waals surface area contributed by atoms with E-state index >= 15 is 0 Å². The van der Waals surface area contributed by atoms with E-state index in [-0.39, 0.29) is 5.91 Å². The molecule has 0 atom stereocenters. The monoisotopic (exact) mass is 556 g/mol. The van der Waals surface area contributed by atoms with Crippen LogP contribution in [-0.2, 0) is 16.1 Å². The van der Waals surface area contributed by atoms with Crippen molar-refractivity contribution in [1.29, 1.82) is 0 Å². The minimum Gasteiger partial charge on any atom is -0.492 e. The number of carbonyl (C=O) groups is 1. The van der Waals surface area contributed by atoms with Gasteiger partial charge in [-0.1, -0.05) is 0 Å². The van der Waals surface area contributed by atoms with Crippen molar-refractivity contribution in [1.82, 2.24) is 20.2 Å². The summed E-state index contributed by atoms with van der Waals surface area (Å²) in [6.07, 6.45) is 6.78. The highest BCUT2D eigenvalue weighted by Gasteiger charge is 2.22. The molecule has 6 aliphatic rings. The first-order chi connectivity index (χ1) is 20.2. The molecular formula is C32H40N6O3. The number of morpholine rings is 1. The second-order valence-corrected chi connectivity index (χ2v) is 11.2. The van der Waals surface area contributed by atoms with Crippen molar-refractivity contribution in [3.8, 4) is 17.0 Å². The van der Waals surface area contributed by atoms with Gasteiger partial charge in [-0.25, -0.2) is 9.97 Å². The average Bonchev–Trinajstić information content (AvgIpc) is 3.01. The van der Waals surface area contributed by atoms with E-state index in [4.69, 9.17) is 14.5 Å². The number of anilines is 3. The van der Waals surface area contributed by atoms with Crippen LogP contribution >= 0.6 is 0 Å². The number of nitrogens with zero attached hydrogens (tertiary/aromatic N) is 4. The van der Waals surface area contributed by atoms with E-state index in [0.717, 1.165) is 81.5 Å². The Hall–Kier alpha value is -3.69. The van der Waals surface area contributed by atoms with Crippen LogP contribution in [0.1, 0.15) is 37.7 Å². The Bertz CT molecular complexity index is 1300. The first kappa shape index (κ1) is 27.5. The molecule has 0 saturated carbocycles. The Morgan fingerprint density at radius 2 is 1.73 bits per heavy atom. The molecule has 1 amide bonds. The molecule has 9 rings (SSSR count). The minimum absolute atomic E-state index is 0.111. The van der Waals surface area contributed by atoms with Gasteiger partial charge in [-0.05, 0) is 98.8 Å². The lowest BCUT2D eigenvalue weighted by Crippen LogP contribution is -2.38. The van der Waals surface area contributed by atoms with E-state index in [1.54, 1.807) is 6.20 Å². The second-order valence-electron chi connectivity index (χ2n) is 11.2. The number of hydrogen-bond donors (Lipinski definition) is 2. The molecule has 9 nitrogen and oxygen atoms in total. The number of piperidine rings is 1. The molecule has 2 aromatic carbocycles. The Labute approximate surface area is 242 Å². The van der Waals surface area contributed by atoms with Crippen LogP contribution in [0, 0.1) is 5.92 Å². The van der Waals surface area contributed by atoms with Crippen molar-refractivity contribution in [3.63, 3.8) is 0 Å². The zero-order valence-electron chi connectivity index (χ0n) is 23.7. The van der Waals surface area contributed by atoms with Crippen molar-refractivity contribution in [2.75, 3.05) is 62.8 Å². The Balaban J connectivity index is 1.25. The number of benzene rings is 2. The van der Waals surface area contributed by atoms with E-state index in [9.17, 15) is 4.79 Å². The van der Waals surface area contributed by atoms with Gasteiger partial charge >= 0.3 is 0 Å². The lowest BCUT2D eigenvalue weighted by molar-refractivity contribution is -0.121. The fourth-order valence-corrected chi connectivity index (χ4v) is 6.01. The molecule has 0 unspecified atom stereocenters. The van der Waals surface area contributed by atoms with Crippen molar-refractivity contribution >= 4 is 23.2 Å². The van der Waals surface area contributed by atoms with Gasteiger partial charge in [0.25, 0.3) is 0 Å². The summed E-state index contributed by atoms with van der Waals surface area (Å²) in [7, 11) is 0. The maximum Gasteiger partial charge on any atom is 0.227 e. The molecule has 41 heavy (non-hydrogen) atoms. The van der Waals surface area contributed by atoms with Crippen molar-refractivity contribution in [3.05, 3.63) is 60.3 Å². The van der Waals surface area contributed by atoms with Gasteiger partial charge in [-0.15, -0.1) is 0 Å². The summed E-state index contributed by atoms with van der Waals surface area (Å²) >= 11 is 0. The molecule has 1 aromatic heterocycles. The van der Waals surface area contributed by atoms with Gasteiger partial charge in [0.15, 0.2) is 0 Å². The zero-order valence-corrected chi connectivity index (χ0v) is 23.7. The lowest BCUT2D eigenvalue weighted by Gasteiger charge is -2.35. The van der Waals surface area contributed by atoms with Gasteiger partial charge in [0.05, 0.1) is 25.5 Å². The summed E-state index contributed by atoms with van der Waals surface area (Å²) in [6.45, 7) is 7.36. The lowest BCUT2D eigenvalue weighted by atomic mass is 9.91. The molecule has 0 aliphatic carbocycles. The number of ether oxygens (including phenoxy) is 2. The van der Waals surface area contributed by atoms with Crippen LogP contribution in [0.15, 0.2) is 54.7 Å². The number of hydrogen-bond acceptors (Lipinski definition) is 8. The third kappa shape index (κ3) is 7.34. The van der Waals surface area contributed by atoms with Gasteiger partial charge in [0.1, 0.15) is 12.4 Å². The molecule has 2 fully saturated rings. The molecule has 9 heteroatoms. The standard InChI is InChI=1S/C32H40N6O3/c39-31-3-1-2-24-11-15-37(16-12-24)23-26-22-27(6-9-30(26)38-17-20-40-21-18-38)35-32-34-13-10-29(36-32)25-4-7-28(8-5-25)41-19-14-33-31/h4-10,13,22,24H,1-3,11-12,14-21,23H2,(H,33,39)(H,34,35,36). The molecule has 3 aromatic rings. The average molecular weight is 557 g/mol. The van der Waals surface area contributed by atoms with Crippen LogP contribution in [0.4, 0.5) is 17.3 Å². The summed E-state index contributed by atoms with van der Waals surface area (Å²) in [5, 5.41) is 6.46. The molecule has 216 valence electrons. The quantitative estimate of drug-likeness (QED) is 0.449. The normalized spacial score (nSPS) is 22.2. The predicted octanol–water partition coefficient (Wildman–Crippen LogP) is 4.61. The number of nitrogens with one attached hydrogen (secondary N) is 2. The van der Waals surface area contributed by atoms with E-state index in [1.807, 2.05) is 30.3 Å². The van der Waals surface area contributed by atoms with Crippen molar-refractivity contribution < 1.29 is 14.3 Å². The first-order valence-electron chi connectivity index (χ1n) is 15.0. The summed E-state index contributed by atoms with van der Waals surface area (Å²) in [5.41, 5.74) is 5.40. The molecule has 2 N–H and O–H groups in total. The summed E-state index contributed by atoms with van der Waals surface area (Å²) in [4.78, 5) is 26.7. The van der Waals surface area contributed by atoms with Gasteiger partial charge in [-0.3, -0.25) is 9.69 Å². The van der Waals surface area contributed by atoms with Gasteiger partial charge in [0, 0.05) is 49.2 Å². The van der Waals surface area contributed by atoms with E-state index in [0.29, 0.717) is 31.4 Å². The Kier molecular flexibility index (Phi) is 8.92. The van der Waals surface area contributed by atoms with Crippen molar-refractivity contribution in [2.24, 2.45) is 5.92 Å². The summed E-state index contributed by atoms with van der Waals surface area (Å²) in [5.74, 6) is 2.13. The van der Waals surface area contributed by atoms with Crippen LogP contribution in [0.3, 0.4) is 0 Å². The zero-order chi connectivity index (χ0) is 27.9.